The number of halogens is 1. The number of hydrogen-bond donors (Lipinski definition) is 0. The van der Waals surface area contributed by atoms with Gasteiger partial charge in [-0.1, -0.05) is 50.6 Å². The van der Waals surface area contributed by atoms with E-state index < -0.39 is 0 Å². The van der Waals surface area contributed by atoms with Crippen LogP contribution in [-0.2, 0) is 6.54 Å². The van der Waals surface area contributed by atoms with Crippen molar-refractivity contribution in [3.8, 4) is 0 Å². The number of nitrogens with zero attached hydrogens (tertiary/aromatic N) is 1. The molecule has 0 amide bonds. The van der Waals surface area contributed by atoms with E-state index in [0.29, 0.717) is 6.54 Å². The van der Waals surface area contributed by atoms with Gasteiger partial charge < -0.3 is 0 Å². The lowest BCUT2D eigenvalue weighted by Gasteiger charge is -2.10. The Kier molecular flexibility index (Phi) is 3.70. The number of benzene rings is 1. The molecule has 0 aliphatic rings. The fraction of sp³-hybridized carbons (Fsp3) is 0.417. The van der Waals surface area contributed by atoms with Gasteiger partial charge in [0.15, 0.2) is 0 Å². The van der Waals surface area contributed by atoms with Gasteiger partial charge in [-0.05, 0) is 17.0 Å². The van der Waals surface area contributed by atoms with E-state index >= 15 is 0 Å². The van der Waals surface area contributed by atoms with Crippen molar-refractivity contribution in [1.82, 2.24) is 0 Å². The summed E-state index contributed by atoms with van der Waals surface area (Å²) in [6, 6.07) is 7.80. The number of aliphatic imine (C=N–C) groups is 1. The molecule has 0 radical (unpaired) electrons. The zero-order chi connectivity index (χ0) is 10.6. The Bertz CT molecular complexity index is 323. The largest absolute Gasteiger partial charge is 0.292 e. The summed E-state index contributed by atoms with van der Waals surface area (Å²) in [6.07, 6.45) is 1.97. The second-order valence-corrected chi connectivity index (χ2v) is 4.83. The molecule has 0 saturated carbocycles. The van der Waals surface area contributed by atoms with Crippen LogP contribution in [0, 0.1) is 5.41 Å². The second-order valence-electron chi connectivity index (χ2n) is 4.43. The average molecular weight is 210 g/mol. The summed E-state index contributed by atoms with van der Waals surface area (Å²) in [5.74, 6) is 0. The molecule has 1 rings (SSSR count). The van der Waals surface area contributed by atoms with Crippen molar-refractivity contribution in [3.05, 3.63) is 34.9 Å². The summed E-state index contributed by atoms with van der Waals surface area (Å²) in [4.78, 5) is 4.36. The Labute approximate surface area is 90.8 Å². The molecule has 0 spiro atoms. The summed E-state index contributed by atoms with van der Waals surface area (Å²) in [6.45, 7) is 7.05. The van der Waals surface area contributed by atoms with Crippen LogP contribution in [0.5, 0.6) is 0 Å². The van der Waals surface area contributed by atoms with Crippen molar-refractivity contribution >= 4 is 17.8 Å². The van der Waals surface area contributed by atoms with Crippen molar-refractivity contribution in [2.75, 3.05) is 0 Å². The van der Waals surface area contributed by atoms with Crippen LogP contribution in [-0.4, -0.2) is 6.21 Å². The van der Waals surface area contributed by atoms with Crippen LogP contribution >= 0.6 is 11.6 Å². The monoisotopic (exact) mass is 209 g/mol. The quantitative estimate of drug-likeness (QED) is 0.654. The lowest BCUT2D eigenvalue weighted by atomic mass is 9.99. The predicted molar refractivity (Wildman–Crippen MR) is 63.1 cm³/mol. The third kappa shape index (κ3) is 3.93. The zero-order valence-corrected chi connectivity index (χ0v) is 9.67. The topological polar surface area (TPSA) is 12.4 Å². The van der Waals surface area contributed by atoms with Gasteiger partial charge in [-0.2, -0.15) is 0 Å². The van der Waals surface area contributed by atoms with E-state index in [1.807, 2.05) is 30.5 Å². The van der Waals surface area contributed by atoms with Crippen molar-refractivity contribution < 1.29 is 0 Å². The van der Waals surface area contributed by atoms with Crippen LogP contribution in [0.2, 0.25) is 5.02 Å². The molecule has 1 aromatic rings. The molecule has 0 bridgehead atoms. The van der Waals surface area contributed by atoms with E-state index in [2.05, 4.69) is 25.8 Å². The summed E-state index contributed by atoms with van der Waals surface area (Å²) in [5.41, 5.74) is 1.22. The molecule has 0 fully saturated rings. The predicted octanol–water partition coefficient (Wildman–Crippen LogP) is 3.96. The minimum absolute atomic E-state index is 0.140. The Morgan fingerprint density at radius 1 is 1.29 bits per heavy atom. The van der Waals surface area contributed by atoms with Gasteiger partial charge >= 0.3 is 0 Å². The van der Waals surface area contributed by atoms with Gasteiger partial charge in [-0.3, -0.25) is 4.99 Å². The molecule has 0 aliphatic carbocycles. The van der Waals surface area contributed by atoms with Crippen molar-refractivity contribution in [3.63, 3.8) is 0 Å². The van der Waals surface area contributed by atoms with Gasteiger partial charge in [0.05, 0.1) is 6.54 Å². The minimum Gasteiger partial charge on any atom is -0.292 e. The first-order valence-electron chi connectivity index (χ1n) is 4.73. The summed E-state index contributed by atoms with van der Waals surface area (Å²) >= 11 is 6.00. The lowest BCUT2D eigenvalue weighted by Crippen LogP contribution is -2.06. The summed E-state index contributed by atoms with van der Waals surface area (Å²) in [7, 11) is 0. The van der Waals surface area contributed by atoms with E-state index in [0.717, 1.165) is 10.6 Å². The fourth-order valence-electron chi connectivity index (χ4n) is 1.04. The van der Waals surface area contributed by atoms with Gasteiger partial charge in [0, 0.05) is 11.2 Å². The van der Waals surface area contributed by atoms with Crippen LogP contribution in [0.15, 0.2) is 29.3 Å². The zero-order valence-electron chi connectivity index (χ0n) is 8.92. The third-order valence-electron chi connectivity index (χ3n) is 1.70. The molecule has 0 N–H and O–H groups in total. The van der Waals surface area contributed by atoms with Crippen LogP contribution < -0.4 is 0 Å². The number of rotatable bonds is 2. The van der Waals surface area contributed by atoms with Crippen molar-refractivity contribution in [2.24, 2.45) is 10.4 Å². The van der Waals surface area contributed by atoms with Crippen molar-refractivity contribution in [1.29, 1.82) is 0 Å². The molecule has 0 heterocycles. The molecular weight excluding hydrogens is 194 g/mol. The fourth-order valence-corrected chi connectivity index (χ4v) is 1.24. The van der Waals surface area contributed by atoms with E-state index in [9.17, 15) is 0 Å². The smallest absolute Gasteiger partial charge is 0.0650 e. The maximum Gasteiger partial charge on any atom is 0.0650 e. The molecule has 0 aromatic heterocycles. The van der Waals surface area contributed by atoms with Crippen LogP contribution in [0.4, 0.5) is 0 Å². The van der Waals surface area contributed by atoms with Crippen LogP contribution in [0.3, 0.4) is 0 Å². The van der Waals surface area contributed by atoms with Gasteiger partial charge in [0.25, 0.3) is 0 Å². The average Bonchev–Trinajstić information content (AvgIpc) is 2.06. The highest BCUT2D eigenvalue weighted by molar-refractivity contribution is 6.31. The number of hydrogen-bond acceptors (Lipinski definition) is 1. The Balaban J connectivity index is 2.63. The molecule has 1 nitrogen and oxygen atoms in total. The molecule has 2 heteroatoms. The normalized spacial score (nSPS) is 12.3. The second kappa shape index (κ2) is 4.61. The first-order valence-corrected chi connectivity index (χ1v) is 5.11. The first-order chi connectivity index (χ1) is 6.49. The standard InChI is InChI=1S/C12H16ClN/c1-12(2,3)9-14-8-10-6-4-5-7-11(10)13/h4-7,9H,8H2,1-3H3. The van der Waals surface area contributed by atoms with E-state index in [1.165, 1.54) is 0 Å². The maximum absolute atomic E-state index is 6.00. The molecule has 14 heavy (non-hydrogen) atoms. The van der Waals surface area contributed by atoms with Gasteiger partial charge in [0.2, 0.25) is 0 Å². The van der Waals surface area contributed by atoms with Gasteiger partial charge in [0.1, 0.15) is 0 Å². The van der Waals surface area contributed by atoms with E-state index in [4.69, 9.17) is 11.6 Å². The van der Waals surface area contributed by atoms with E-state index in [1.54, 1.807) is 0 Å². The first kappa shape index (κ1) is 11.3. The van der Waals surface area contributed by atoms with Crippen molar-refractivity contribution in [2.45, 2.75) is 27.3 Å². The third-order valence-corrected chi connectivity index (χ3v) is 2.07. The maximum atomic E-state index is 6.00. The molecule has 0 aliphatic heterocycles. The lowest BCUT2D eigenvalue weighted by molar-refractivity contribution is 0.604. The Morgan fingerprint density at radius 2 is 1.93 bits per heavy atom. The molecule has 0 unspecified atom stereocenters. The molecular formula is C12H16ClN. The molecule has 76 valence electrons. The van der Waals surface area contributed by atoms with Gasteiger partial charge in [-0.15, -0.1) is 0 Å². The molecule has 0 atom stereocenters. The van der Waals surface area contributed by atoms with Gasteiger partial charge in [-0.25, -0.2) is 0 Å². The van der Waals surface area contributed by atoms with Crippen LogP contribution in [0.1, 0.15) is 26.3 Å². The highest BCUT2D eigenvalue weighted by Gasteiger charge is 2.04. The highest BCUT2D eigenvalue weighted by atomic mass is 35.5. The highest BCUT2D eigenvalue weighted by Crippen LogP contribution is 2.16. The Hall–Kier alpha value is -0.820. The minimum atomic E-state index is 0.140. The van der Waals surface area contributed by atoms with Crippen LogP contribution in [0.25, 0.3) is 0 Å². The molecule has 0 saturated heterocycles. The molecule has 1 aromatic carbocycles. The van der Waals surface area contributed by atoms with E-state index in [-0.39, 0.29) is 5.41 Å². The SMILES string of the molecule is CC(C)(C)C=NCc1ccccc1Cl. The summed E-state index contributed by atoms with van der Waals surface area (Å²) in [5, 5.41) is 0.790. The summed E-state index contributed by atoms with van der Waals surface area (Å²) < 4.78 is 0. The Morgan fingerprint density at radius 3 is 2.50 bits per heavy atom.